The van der Waals surface area contributed by atoms with E-state index < -0.39 is 22.0 Å². The molecule has 0 heterocycles. The van der Waals surface area contributed by atoms with Crippen LogP contribution in [0.15, 0.2) is 78.9 Å². The van der Waals surface area contributed by atoms with E-state index in [9.17, 15) is 18.0 Å². The molecule has 0 unspecified atom stereocenters. The SMILES string of the molecule is COc1ccc(CCNC(=O)[C@@H](Cc2ccccc2)N(Cc2ccc(OC)cc2)C(=O)CN(C)S(C)(=O)=O)cc1. The number of ether oxygens (including phenoxy) is 2. The maximum Gasteiger partial charge on any atom is 0.243 e. The Hall–Kier alpha value is -3.89. The molecule has 0 saturated heterocycles. The van der Waals surface area contributed by atoms with Gasteiger partial charge in [0.2, 0.25) is 21.8 Å². The van der Waals surface area contributed by atoms with E-state index in [1.165, 1.54) is 11.9 Å². The van der Waals surface area contributed by atoms with Crippen molar-refractivity contribution in [1.82, 2.24) is 14.5 Å². The van der Waals surface area contributed by atoms with Gasteiger partial charge in [0.15, 0.2) is 0 Å². The van der Waals surface area contributed by atoms with Gasteiger partial charge in [0.05, 0.1) is 27.0 Å². The lowest BCUT2D eigenvalue weighted by molar-refractivity contribution is -0.141. The molecular formula is C30H37N3O6S. The summed E-state index contributed by atoms with van der Waals surface area (Å²) in [4.78, 5) is 28.8. The number of carbonyl (C=O) groups excluding carboxylic acids is 2. The first kappa shape index (κ1) is 30.6. The molecule has 9 nitrogen and oxygen atoms in total. The summed E-state index contributed by atoms with van der Waals surface area (Å²) < 4.78 is 35.6. The summed E-state index contributed by atoms with van der Waals surface area (Å²) in [7, 11) is 0.912. The molecule has 214 valence electrons. The molecule has 0 spiro atoms. The van der Waals surface area contributed by atoms with Crippen LogP contribution in [0.4, 0.5) is 0 Å². The number of nitrogens with one attached hydrogen (secondary N) is 1. The van der Waals surface area contributed by atoms with Crippen LogP contribution in [0.5, 0.6) is 11.5 Å². The quantitative estimate of drug-likeness (QED) is 0.321. The average molecular weight is 568 g/mol. The molecule has 10 heteroatoms. The van der Waals surface area contributed by atoms with Crippen molar-refractivity contribution in [2.24, 2.45) is 0 Å². The van der Waals surface area contributed by atoms with Crippen LogP contribution in [0.25, 0.3) is 0 Å². The molecule has 2 amide bonds. The molecule has 0 aromatic heterocycles. The highest BCUT2D eigenvalue weighted by Gasteiger charge is 2.31. The second-order valence-electron chi connectivity index (χ2n) is 9.48. The fourth-order valence-corrected chi connectivity index (χ4v) is 4.47. The molecule has 3 aromatic rings. The van der Waals surface area contributed by atoms with E-state index in [0.29, 0.717) is 18.7 Å². The monoisotopic (exact) mass is 567 g/mol. The summed E-state index contributed by atoms with van der Waals surface area (Å²) in [6, 6.07) is 23.4. The normalized spacial score (nSPS) is 12.0. The zero-order valence-electron chi connectivity index (χ0n) is 23.4. The third-order valence-electron chi connectivity index (χ3n) is 6.58. The highest BCUT2D eigenvalue weighted by atomic mass is 32.2. The summed E-state index contributed by atoms with van der Waals surface area (Å²) in [5.74, 6) is 0.620. The van der Waals surface area contributed by atoms with Crippen LogP contribution in [0.2, 0.25) is 0 Å². The fraction of sp³-hybridized carbons (Fsp3) is 0.333. The van der Waals surface area contributed by atoms with Gasteiger partial charge in [-0.05, 0) is 47.4 Å². The first-order valence-corrected chi connectivity index (χ1v) is 14.7. The topological polar surface area (TPSA) is 105 Å². The van der Waals surface area contributed by atoms with Gasteiger partial charge in [-0.3, -0.25) is 9.59 Å². The van der Waals surface area contributed by atoms with Gasteiger partial charge in [0.25, 0.3) is 0 Å². The second-order valence-corrected chi connectivity index (χ2v) is 11.6. The van der Waals surface area contributed by atoms with Crippen LogP contribution in [0.1, 0.15) is 16.7 Å². The van der Waals surface area contributed by atoms with Gasteiger partial charge in [-0.25, -0.2) is 8.42 Å². The number of methoxy groups -OCH3 is 2. The lowest BCUT2D eigenvalue weighted by atomic mass is 10.0. The maximum absolute atomic E-state index is 13.7. The van der Waals surface area contributed by atoms with Gasteiger partial charge in [-0.15, -0.1) is 0 Å². The molecule has 0 aliphatic heterocycles. The summed E-state index contributed by atoms with van der Waals surface area (Å²) in [5.41, 5.74) is 2.68. The van der Waals surface area contributed by atoms with E-state index in [1.807, 2.05) is 66.7 Å². The smallest absolute Gasteiger partial charge is 0.243 e. The largest absolute Gasteiger partial charge is 0.497 e. The Morgan fingerprint density at radius 2 is 1.38 bits per heavy atom. The van der Waals surface area contributed by atoms with Crippen LogP contribution >= 0.6 is 0 Å². The van der Waals surface area contributed by atoms with Gasteiger partial charge in [-0.2, -0.15) is 4.31 Å². The number of hydrogen-bond acceptors (Lipinski definition) is 6. The minimum atomic E-state index is -3.61. The van der Waals surface area contributed by atoms with Crippen LogP contribution in [0, 0.1) is 0 Å². The first-order chi connectivity index (χ1) is 19.1. The maximum atomic E-state index is 13.7. The number of rotatable bonds is 14. The van der Waals surface area contributed by atoms with Gasteiger partial charge in [0.1, 0.15) is 17.5 Å². The average Bonchev–Trinajstić information content (AvgIpc) is 2.95. The number of carbonyl (C=O) groups is 2. The Balaban J connectivity index is 1.88. The van der Waals surface area contributed by atoms with Gasteiger partial charge < -0.3 is 19.7 Å². The molecular weight excluding hydrogens is 530 g/mol. The molecule has 0 radical (unpaired) electrons. The Bertz CT molecular complexity index is 1350. The molecule has 0 bridgehead atoms. The van der Waals surface area contributed by atoms with Gasteiger partial charge >= 0.3 is 0 Å². The summed E-state index contributed by atoms with van der Waals surface area (Å²) in [6.07, 6.45) is 1.90. The van der Waals surface area contributed by atoms with Crippen molar-refractivity contribution in [3.8, 4) is 11.5 Å². The zero-order valence-corrected chi connectivity index (χ0v) is 24.2. The first-order valence-electron chi connectivity index (χ1n) is 12.9. The minimum Gasteiger partial charge on any atom is -0.497 e. The number of likely N-dealkylation sites (N-methyl/N-ethyl adjacent to an activating group) is 1. The number of benzene rings is 3. The molecule has 0 aliphatic carbocycles. The highest BCUT2D eigenvalue weighted by Crippen LogP contribution is 2.18. The molecule has 0 saturated carbocycles. The van der Waals surface area contributed by atoms with Crippen LogP contribution in [0.3, 0.4) is 0 Å². The van der Waals surface area contributed by atoms with E-state index in [-0.39, 0.29) is 25.4 Å². The predicted molar refractivity (Wildman–Crippen MR) is 155 cm³/mol. The third-order valence-corrected chi connectivity index (χ3v) is 7.84. The minimum absolute atomic E-state index is 0.115. The highest BCUT2D eigenvalue weighted by molar-refractivity contribution is 7.88. The van der Waals surface area contributed by atoms with Crippen molar-refractivity contribution in [2.75, 3.05) is 40.6 Å². The van der Waals surface area contributed by atoms with Crippen LogP contribution in [-0.4, -0.2) is 76.1 Å². The third kappa shape index (κ3) is 9.10. The number of nitrogens with zero attached hydrogens (tertiary/aromatic N) is 2. The van der Waals surface area contributed by atoms with E-state index in [2.05, 4.69) is 5.32 Å². The number of sulfonamides is 1. The molecule has 40 heavy (non-hydrogen) atoms. The van der Waals surface area contributed by atoms with Crippen molar-refractivity contribution < 1.29 is 27.5 Å². The van der Waals surface area contributed by atoms with Crippen molar-refractivity contribution >= 4 is 21.8 Å². The van der Waals surface area contributed by atoms with Crippen molar-refractivity contribution in [2.45, 2.75) is 25.4 Å². The van der Waals surface area contributed by atoms with E-state index in [1.54, 1.807) is 26.4 Å². The zero-order chi connectivity index (χ0) is 29.1. The molecule has 0 fully saturated rings. The second kappa shape index (κ2) is 14.5. The van der Waals surface area contributed by atoms with E-state index >= 15 is 0 Å². The Labute approximate surface area is 236 Å². The predicted octanol–water partition coefficient (Wildman–Crippen LogP) is 2.89. The van der Waals surface area contributed by atoms with Crippen molar-refractivity contribution in [3.05, 3.63) is 95.6 Å². The van der Waals surface area contributed by atoms with Crippen LogP contribution < -0.4 is 14.8 Å². The van der Waals surface area contributed by atoms with Gasteiger partial charge in [-0.1, -0.05) is 54.6 Å². The Morgan fingerprint density at radius 3 is 1.90 bits per heavy atom. The number of amides is 2. The molecule has 1 N–H and O–H groups in total. The number of hydrogen-bond donors (Lipinski definition) is 1. The molecule has 3 aromatic carbocycles. The lowest BCUT2D eigenvalue weighted by Gasteiger charge is -2.32. The Kier molecular flexibility index (Phi) is 11.1. The summed E-state index contributed by atoms with van der Waals surface area (Å²) in [6.45, 7) is 0.0908. The van der Waals surface area contributed by atoms with E-state index in [4.69, 9.17) is 9.47 Å². The summed E-state index contributed by atoms with van der Waals surface area (Å²) in [5, 5.41) is 2.99. The lowest BCUT2D eigenvalue weighted by Crippen LogP contribution is -2.53. The van der Waals surface area contributed by atoms with Gasteiger partial charge in [0, 0.05) is 26.6 Å². The van der Waals surface area contributed by atoms with Crippen LogP contribution in [-0.2, 0) is 39.0 Å². The Morgan fingerprint density at radius 1 is 0.825 bits per heavy atom. The fourth-order valence-electron chi connectivity index (χ4n) is 4.12. The van der Waals surface area contributed by atoms with Crippen molar-refractivity contribution in [3.63, 3.8) is 0 Å². The molecule has 3 rings (SSSR count). The molecule has 1 atom stereocenters. The molecule has 0 aliphatic rings. The van der Waals surface area contributed by atoms with Crippen molar-refractivity contribution in [1.29, 1.82) is 0 Å². The summed E-state index contributed by atoms with van der Waals surface area (Å²) >= 11 is 0. The standard InChI is InChI=1S/C30H37N3O6S/c1-32(40(4,36)37)22-29(34)33(21-25-12-16-27(39-3)17-13-25)28(20-24-8-6-5-7-9-24)30(35)31-19-18-23-10-14-26(38-2)15-11-23/h5-17,28H,18-22H2,1-4H3,(H,31,35)/t28-/m1/s1. The van der Waals surface area contributed by atoms with E-state index in [0.717, 1.165) is 33.0 Å².